The number of fused-ring (bicyclic) bond motifs is 1. The first kappa shape index (κ1) is 19.0. The number of benzene rings is 1. The van der Waals surface area contributed by atoms with Gasteiger partial charge >= 0.3 is 0 Å². The second-order valence-electron chi connectivity index (χ2n) is 7.73. The minimum Gasteiger partial charge on any atom is -0.461 e. The van der Waals surface area contributed by atoms with Gasteiger partial charge in [-0.2, -0.15) is 0 Å². The van der Waals surface area contributed by atoms with Crippen LogP contribution in [0.15, 0.2) is 42.7 Å². The monoisotopic (exact) mass is 377 g/mol. The molecular weight excluding hydrogens is 350 g/mol. The minimum absolute atomic E-state index is 0.470. The third-order valence-electron chi connectivity index (χ3n) is 5.61. The zero-order chi connectivity index (χ0) is 19.4. The number of rotatable bonds is 5. The second kappa shape index (κ2) is 8.34. The highest BCUT2D eigenvalue weighted by molar-refractivity contribution is 5.41. The predicted octanol–water partition coefficient (Wildman–Crippen LogP) is 4.76. The average molecular weight is 377 g/mol. The third kappa shape index (κ3) is 4.06. The van der Waals surface area contributed by atoms with Gasteiger partial charge in [0.1, 0.15) is 11.9 Å². The summed E-state index contributed by atoms with van der Waals surface area (Å²) in [6.45, 7) is 2.61. The van der Waals surface area contributed by atoms with Gasteiger partial charge in [-0.25, -0.2) is 0 Å². The number of aromatic nitrogens is 1. The summed E-state index contributed by atoms with van der Waals surface area (Å²) in [5.41, 5.74) is 2.60. The molecule has 2 atom stereocenters. The van der Waals surface area contributed by atoms with Crippen LogP contribution < -0.4 is 4.74 Å². The van der Waals surface area contributed by atoms with Crippen LogP contribution in [0.3, 0.4) is 0 Å². The first-order valence-electron chi connectivity index (χ1n) is 10.2. The lowest BCUT2D eigenvalue weighted by molar-refractivity contribution is -0.206. The van der Waals surface area contributed by atoms with Gasteiger partial charge in [-0.3, -0.25) is 4.98 Å². The van der Waals surface area contributed by atoms with Crippen LogP contribution in [0.2, 0.25) is 0 Å². The number of nitrogens with zero attached hydrogens (tertiary/aromatic N) is 1. The summed E-state index contributed by atoms with van der Waals surface area (Å²) < 4.78 is 12.5. The normalized spacial score (nSPS) is 22.2. The highest BCUT2D eigenvalue weighted by Crippen LogP contribution is 2.38. The van der Waals surface area contributed by atoms with E-state index in [4.69, 9.17) is 9.47 Å². The Labute approximate surface area is 166 Å². The quantitative estimate of drug-likeness (QED) is 0.763. The molecule has 4 heteroatoms. The van der Waals surface area contributed by atoms with Crippen molar-refractivity contribution >= 4 is 0 Å². The highest BCUT2D eigenvalue weighted by atomic mass is 16.7. The van der Waals surface area contributed by atoms with E-state index >= 15 is 0 Å². The van der Waals surface area contributed by atoms with Gasteiger partial charge in [-0.05, 0) is 54.7 Å². The number of pyridine rings is 1. The number of hydrogen-bond acceptors (Lipinski definition) is 4. The standard InChI is InChI=1S/C24H27NO3/c1-2-12-24(13-4-7-18-5-3-6-18)27-17-21-16-20(8-9-22(21)28-24)23(26)19-10-14-25-15-11-19/h8-11,14-16,18,23,26H,2-3,5-6,12-13,17H2,1H3. The molecule has 1 aliphatic carbocycles. The topological polar surface area (TPSA) is 51.6 Å². The molecule has 1 N–H and O–H groups in total. The molecule has 2 aliphatic rings. The molecule has 1 aliphatic heterocycles. The Morgan fingerprint density at radius 1 is 1.21 bits per heavy atom. The molecule has 1 saturated carbocycles. The predicted molar refractivity (Wildman–Crippen MR) is 108 cm³/mol. The number of ether oxygens (including phenoxy) is 2. The van der Waals surface area contributed by atoms with E-state index in [-0.39, 0.29) is 0 Å². The number of aliphatic hydroxyl groups is 1. The average Bonchev–Trinajstić information content (AvgIpc) is 2.70. The van der Waals surface area contributed by atoms with Crippen molar-refractivity contribution in [3.8, 4) is 17.6 Å². The first-order chi connectivity index (χ1) is 13.7. The van der Waals surface area contributed by atoms with Crippen LogP contribution >= 0.6 is 0 Å². The van der Waals surface area contributed by atoms with Crippen molar-refractivity contribution in [1.82, 2.24) is 4.98 Å². The summed E-state index contributed by atoms with van der Waals surface area (Å²) >= 11 is 0. The molecule has 2 heterocycles. The van der Waals surface area contributed by atoms with Crippen LogP contribution in [0, 0.1) is 17.8 Å². The van der Waals surface area contributed by atoms with Crippen LogP contribution in [0.1, 0.15) is 68.2 Å². The van der Waals surface area contributed by atoms with Crippen LogP contribution in [0.4, 0.5) is 0 Å². The summed E-state index contributed by atoms with van der Waals surface area (Å²) in [5.74, 6) is 7.41. The molecule has 1 fully saturated rings. The van der Waals surface area contributed by atoms with Crippen LogP contribution in [0.25, 0.3) is 0 Å². The zero-order valence-electron chi connectivity index (χ0n) is 16.4. The molecule has 1 aromatic carbocycles. The molecule has 28 heavy (non-hydrogen) atoms. The summed E-state index contributed by atoms with van der Waals surface area (Å²) in [4.78, 5) is 4.01. The largest absolute Gasteiger partial charge is 0.461 e. The lowest BCUT2D eigenvalue weighted by Gasteiger charge is -2.37. The van der Waals surface area contributed by atoms with Crippen molar-refractivity contribution in [2.24, 2.45) is 5.92 Å². The lowest BCUT2D eigenvalue weighted by atomic mass is 9.86. The lowest BCUT2D eigenvalue weighted by Crippen LogP contribution is -2.41. The van der Waals surface area contributed by atoms with Gasteiger partial charge in [-0.15, -0.1) is 0 Å². The maximum absolute atomic E-state index is 10.6. The molecule has 0 spiro atoms. The number of aliphatic hydroxyl groups excluding tert-OH is 1. The van der Waals surface area contributed by atoms with Crippen molar-refractivity contribution in [3.63, 3.8) is 0 Å². The van der Waals surface area contributed by atoms with Crippen molar-refractivity contribution < 1.29 is 14.6 Å². The Bertz CT molecular complexity index is 866. The molecule has 0 saturated heterocycles. The Balaban J connectivity index is 1.51. The van der Waals surface area contributed by atoms with E-state index in [2.05, 4.69) is 23.7 Å². The minimum atomic E-state index is -0.691. The van der Waals surface area contributed by atoms with Crippen LogP contribution in [0.5, 0.6) is 5.75 Å². The molecule has 0 radical (unpaired) electrons. The molecule has 0 amide bonds. The first-order valence-corrected chi connectivity index (χ1v) is 10.2. The maximum atomic E-state index is 10.6. The van der Waals surface area contributed by atoms with Crippen molar-refractivity contribution in [2.75, 3.05) is 0 Å². The Morgan fingerprint density at radius 2 is 2.04 bits per heavy atom. The smallest absolute Gasteiger partial charge is 0.221 e. The third-order valence-corrected chi connectivity index (χ3v) is 5.61. The molecular formula is C24H27NO3. The van der Waals surface area contributed by atoms with Crippen molar-refractivity contribution in [1.29, 1.82) is 0 Å². The van der Waals surface area contributed by atoms with Gasteiger partial charge in [0, 0.05) is 30.3 Å². The number of hydrogen-bond donors (Lipinski definition) is 1. The summed E-state index contributed by atoms with van der Waals surface area (Å²) in [6, 6.07) is 9.48. The van der Waals surface area contributed by atoms with E-state index in [9.17, 15) is 5.11 Å². The van der Waals surface area contributed by atoms with E-state index in [1.807, 2.05) is 30.3 Å². The molecule has 2 unspecified atom stereocenters. The fourth-order valence-corrected chi connectivity index (χ4v) is 3.72. The highest BCUT2D eigenvalue weighted by Gasteiger charge is 2.36. The van der Waals surface area contributed by atoms with Gasteiger partial charge in [0.25, 0.3) is 0 Å². The van der Waals surface area contributed by atoms with Gasteiger partial charge in [0.2, 0.25) is 5.79 Å². The Morgan fingerprint density at radius 3 is 2.75 bits per heavy atom. The molecule has 0 bridgehead atoms. The van der Waals surface area contributed by atoms with Gasteiger partial charge in [0.15, 0.2) is 0 Å². The zero-order valence-corrected chi connectivity index (χ0v) is 16.4. The summed E-state index contributed by atoms with van der Waals surface area (Å²) in [7, 11) is 0. The second-order valence-corrected chi connectivity index (χ2v) is 7.73. The maximum Gasteiger partial charge on any atom is 0.221 e. The van der Waals surface area contributed by atoms with E-state index in [0.29, 0.717) is 18.9 Å². The fraction of sp³-hybridized carbons (Fsp3) is 0.458. The summed E-state index contributed by atoms with van der Waals surface area (Å²) in [6.07, 6.45) is 8.81. The van der Waals surface area contributed by atoms with Crippen molar-refractivity contribution in [3.05, 3.63) is 59.4 Å². The van der Waals surface area contributed by atoms with Gasteiger partial charge in [-0.1, -0.05) is 31.3 Å². The Hall–Kier alpha value is -2.35. The van der Waals surface area contributed by atoms with E-state index in [0.717, 1.165) is 35.3 Å². The van der Waals surface area contributed by atoms with E-state index in [1.165, 1.54) is 19.3 Å². The fourth-order valence-electron chi connectivity index (χ4n) is 3.72. The molecule has 4 nitrogen and oxygen atoms in total. The van der Waals surface area contributed by atoms with Crippen LogP contribution in [-0.4, -0.2) is 15.9 Å². The van der Waals surface area contributed by atoms with Crippen molar-refractivity contribution in [2.45, 2.75) is 63.9 Å². The van der Waals surface area contributed by atoms with E-state index in [1.54, 1.807) is 12.4 Å². The van der Waals surface area contributed by atoms with Crippen LogP contribution in [-0.2, 0) is 11.3 Å². The molecule has 1 aromatic heterocycles. The molecule has 2 aromatic rings. The summed E-state index contributed by atoms with van der Waals surface area (Å²) in [5, 5.41) is 10.6. The van der Waals surface area contributed by atoms with Gasteiger partial charge < -0.3 is 14.6 Å². The molecule has 146 valence electrons. The molecule has 4 rings (SSSR count). The SMILES string of the molecule is CCCC1(CC#CC2CCC2)OCc2cc(C(O)c3ccncc3)ccc2O1. The Kier molecular flexibility index (Phi) is 5.66. The van der Waals surface area contributed by atoms with Gasteiger partial charge in [0.05, 0.1) is 13.0 Å². The van der Waals surface area contributed by atoms with E-state index < -0.39 is 11.9 Å².